The van der Waals surface area contributed by atoms with Crippen molar-refractivity contribution in [2.24, 2.45) is 11.7 Å². The maximum atomic E-state index is 7.34. The molecule has 3 heteroatoms. The van der Waals surface area contributed by atoms with Crippen LogP contribution in [0.15, 0.2) is 0 Å². The zero-order valence-electron chi connectivity index (χ0n) is 9.42. The minimum atomic E-state index is 0.329. The summed E-state index contributed by atoms with van der Waals surface area (Å²) in [7, 11) is 0. The van der Waals surface area contributed by atoms with Gasteiger partial charge in [-0.25, -0.2) is 0 Å². The van der Waals surface area contributed by atoms with Crippen LogP contribution in [0.4, 0.5) is 0 Å². The van der Waals surface area contributed by atoms with Crippen molar-refractivity contribution in [3.8, 4) is 0 Å². The fourth-order valence-electron chi connectivity index (χ4n) is 2.18. The molecule has 3 N–H and O–H groups in total. The highest BCUT2D eigenvalue weighted by molar-refractivity contribution is 5.77. The van der Waals surface area contributed by atoms with Crippen molar-refractivity contribution in [3.63, 3.8) is 0 Å². The molecular weight excluding hydrogens is 174 g/mol. The third-order valence-electron chi connectivity index (χ3n) is 3.26. The molecule has 0 aliphatic carbocycles. The van der Waals surface area contributed by atoms with Gasteiger partial charge in [0.05, 0.1) is 5.84 Å². The van der Waals surface area contributed by atoms with Gasteiger partial charge >= 0.3 is 0 Å². The van der Waals surface area contributed by atoms with Crippen LogP contribution in [0, 0.1) is 11.3 Å². The summed E-state index contributed by atoms with van der Waals surface area (Å²) in [6, 6.07) is 0.500. The van der Waals surface area contributed by atoms with Crippen LogP contribution in [0.3, 0.4) is 0 Å². The van der Waals surface area contributed by atoms with E-state index in [0.717, 1.165) is 18.8 Å². The van der Waals surface area contributed by atoms with E-state index in [1.54, 1.807) is 0 Å². The van der Waals surface area contributed by atoms with E-state index in [2.05, 4.69) is 18.7 Å². The monoisotopic (exact) mass is 197 g/mol. The van der Waals surface area contributed by atoms with Gasteiger partial charge in [0.15, 0.2) is 0 Å². The predicted molar refractivity (Wildman–Crippen MR) is 60.6 cm³/mol. The van der Waals surface area contributed by atoms with Crippen LogP contribution >= 0.6 is 0 Å². The first-order valence-corrected chi connectivity index (χ1v) is 5.70. The molecule has 0 amide bonds. The first-order valence-electron chi connectivity index (χ1n) is 5.70. The maximum Gasteiger partial charge on any atom is 0.0921 e. The second kappa shape index (κ2) is 5.35. The Morgan fingerprint density at radius 2 is 2.07 bits per heavy atom. The van der Waals surface area contributed by atoms with Gasteiger partial charge < -0.3 is 5.73 Å². The van der Waals surface area contributed by atoms with Gasteiger partial charge in [-0.05, 0) is 38.3 Å². The molecule has 0 spiro atoms. The largest absolute Gasteiger partial charge is 0.388 e. The highest BCUT2D eigenvalue weighted by Gasteiger charge is 2.22. The van der Waals surface area contributed by atoms with Crippen molar-refractivity contribution in [2.75, 3.05) is 13.1 Å². The summed E-state index contributed by atoms with van der Waals surface area (Å²) in [4.78, 5) is 2.50. The van der Waals surface area contributed by atoms with Gasteiger partial charge in [0.25, 0.3) is 0 Å². The zero-order valence-corrected chi connectivity index (χ0v) is 9.42. The van der Waals surface area contributed by atoms with Crippen molar-refractivity contribution in [1.29, 1.82) is 5.41 Å². The average molecular weight is 197 g/mol. The quantitative estimate of drug-likeness (QED) is 0.533. The van der Waals surface area contributed by atoms with Crippen LogP contribution in [-0.4, -0.2) is 29.9 Å². The molecule has 0 radical (unpaired) electrons. The first-order chi connectivity index (χ1) is 6.63. The summed E-state index contributed by atoms with van der Waals surface area (Å²) in [5.74, 6) is 1.21. The molecule has 0 aromatic carbocycles. The number of nitrogens with one attached hydrogen (secondary N) is 1. The molecule has 0 aromatic heterocycles. The molecule has 1 atom stereocenters. The number of nitrogens with zero attached hydrogens (tertiary/aromatic N) is 1. The number of hydrogen-bond donors (Lipinski definition) is 2. The van der Waals surface area contributed by atoms with Crippen LogP contribution in [0.1, 0.15) is 39.5 Å². The van der Waals surface area contributed by atoms with Gasteiger partial charge in [-0.1, -0.05) is 13.8 Å². The van der Waals surface area contributed by atoms with E-state index in [-0.39, 0.29) is 0 Å². The Morgan fingerprint density at radius 3 is 2.50 bits per heavy atom. The normalized spacial score (nSPS) is 22.1. The van der Waals surface area contributed by atoms with Crippen molar-refractivity contribution in [3.05, 3.63) is 0 Å². The highest BCUT2D eigenvalue weighted by Crippen LogP contribution is 2.20. The number of nitrogens with two attached hydrogens (primary N) is 1. The summed E-state index contributed by atoms with van der Waals surface area (Å²) >= 11 is 0. The molecular formula is C11H23N3. The van der Waals surface area contributed by atoms with E-state index in [4.69, 9.17) is 11.1 Å². The Bertz CT molecular complexity index is 183. The lowest BCUT2D eigenvalue weighted by Crippen LogP contribution is -2.42. The minimum absolute atomic E-state index is 0.329. The fraction of sp³-hybridized carbons (Fsp3) is 0.909. The topological polar surface area (TPSA) is 53.1 Å². The molecule has 82 valence electrons. The van der Waals surface area contributed by atoms with Gasteiger partial charge in [0.1, 0.15) is 0 Å². The zero-order chi connectivity index (χ0) is 10.6. The lowest BCUT2D eigenvalue weighted by Gasteiger charge is -2.36. The second-order valence-electron chi connectivity index (χ2n) is 4.51. The predicted octanol–water partition coefficient (Wildman–Crippen LogP) is 1.82. The van der Waals surface area contributed by atoms with E-state index in [0.29, 0.717) is 11.9 Å². The summed E-state index contributed by atoms with van der Waals surface area (Å²) in [5, 5.41) is 7.34. The number of rotatable bonds is 4. The van der Waals surface area contributed by atoms with E-state index >= 15 is 0 Å². The number of hydrogen-bond acceptors (Lipinski definition) is 2. The summed E-state index contributed by atoms with van der Waals surface area (Å²) in [6.45, 7) is 6.88. The van der Waals surface area contributed by atoms with Crippen molar-refractivity contribution < 1.29 is 0 Å². The van der Waals surface area contributed by atoms with E-state index in [9.17, 15) is 0 Å². The Labute approximate surface area is 87.2 Å². The van der Waals surface area contributed by atoms with Crippen LogP contribution in [0.25, 0.3) is 0 Å². The van der Waals surface area contributed by atoms with Gasteiger partial charge in [-0.15, -0.1) is 0 Å². The molecule has 1 unspecified atom stereocenters. The summed E-state index contributed by atoms with van der Waals surface area (Å²) in [5.41, 5.74) is 5.46. The van der Waals surface area contributed by atoms with Gasteiger partial charge in [-0.2, -0.15) is 0 Å². The Kier molecular flexibility index (Phi) is 4.39. The molecule has 3 nitrogen and oxygen atoms in total. The molecule has 0 saturated carbocycles. The average Bonchev–Trinajstić information content (AvgIpc) is 2.15. The van der Waals surface area contributed by atoms with Crippen molar-refractivity contribution in [2.45, 2.75) is 45.6 Å². The lowest BCUT2D eigenvalue weighted by atomic mass is 9.96. The van der Waals surface area contributed by atoms with E-state index < -0.39 is 0 Å². The van der Waals surface area contributed by atoms with Gasteiger partial charge in [0.2, 0.25) is 0 Å². The highest BCUT2D eigenvalue weighted by atomic mass is 15.2. The fourth-order valence-corrected chi connectivity index (χ4v) is 2.18. The number of likely N-dealkylation sites (tertiary alicyclic amines) is 1. The van der Waals surface area contributed by atoms with E-state index in [1.165, 1.54) is 25.9 Å². The molecule has 1 aliphatic rings. The molecule has 1 heterocycles. The number of piperidine rings is 1. The third-order valence-corrected chi connectivity index (χ3v) is 3.26. The third kappa shape index (κ3) is 3.29. The Hall–Kier alpha value is -0.570. The van der Waals surface area contributed by atoms with Crippen molar-refractivity contribution in [1.82, 2.24) is 4.90 Å². The summed E-state index contributed by atoms with van der Waals surface area (Å²) < 4.78 is 0. The Balaban J connectivity index is 2.40. The Morgan fingerprint density at radius 1 is 1.50 bits per heavy atom. The summed E-state index contributed by atoms with van der Waals surface area (Å²) in [6.07, 6.45) is 4.45. The lowest BCUT2D eigenvalue weighted by molar-refractivity contribution is 0.137. The maximum absolute atomic E-state index is 7.34. The van der Waals surface area contributed by atoms with E-state index in [1.807, 2.05) is 0 Å². The van der Waals surface area contributed by atoms with Gasteiger partial charge in [-0.3, -0.25) is 10.3 Å². The first kappa shape index (κ1) is 11.5. The second-order valence-corrected chi connectivity index (χ2v) is 4.51. The molecule has 0 aromatic rings. The molecule has 1 saturated heterocycles. The molecule has 1 fully saturated rings. The van der Waals surface area contributed by atoms with Gasteiger partial charge in [0, 0.05) is 12.5 Å². The van der Waals surface area contributed by atoms with Crippen LogP contribution in [0.2, 0.25) is 0 Å². The molecule has 1 aliphatic heterocycles. The smallest absolute Gasteiger partial charge is 0.0921 e. The van der Waals surface area contributed by atoms with Crippen LogP contribution in [0.5, 0.6) is 0 Å². The molecule has 14 heavy (non-hydrogen) atoms. The molecule has 0 bridgehead atoms. The molecule has 1 rings (SSSR count). The van der Waals surface area contributed by atoms with Crippen LogP contribution < -0.4 is 5.73 Å². The SMILES string of the molecule is CCC(CC(=N)N)N1CCC(C)CC1. The van der Waals surface area contributed by atoms with Crippen molar-refractivity contribution >= 4 is 5.84 Å². The standard InChI is InChI=1S/C11H23N3/c1-3-10(8-11(12)13)14-6-4-9(2)5-7-14/h9-10H,3-8H2,1-2H3,(H3,12,13). The van der Waals surface area contributed by atoms with Crippen LogP contribution in [-0.2, 0) is 0 Å². The minimum Gasteiger partial charge on any atom is -0.388 e. The number of amidine groups is 1.